The highest BCUT2D eigenvalue weighted by Crippen LogP contribution is 2.42. The zero-order valence-corrected chi connectivity index (χ0v) is 79.5. The molecule has 4 unspecified atom stereocenters. The van der Waals surface area contributed by atoms with Crippen molar-refractivity contribution in [2.75, 3.05) is 0 Å². The van der Waals surface area contributed by atoms with E-state index in [1.54, 1.807) is 0 Å². The number of aryl methyl sites for hydroxylation is 28. The van der Waals surface area contributed by atoms with Gasteiger partial charge in [-0.3, -0.25) is 0 Å². The molecular weight excluding hydrogens is 1450 g/mol. The third kappa shape index (κ3) is 26.9. The van der Waals surface area contributed by atoms with Crippen LogP contribution in [0.1, 0.15) is 207 Å². The summed E-state index contributed by atoms with van der Waals surface area (Å²) in [6, 6.07) is 78.8. The molecule has 0 spiro atoms. The lowest BCUT2D eigenvalue weighted by Gasteiger charge is -2.18. The van der Waals surface area contributed by atoms with Crippen LogP contribution >= 0.6 is 0 Å². The Labute approximate surface area is 726 Å². The summed E-state index contributed by atoms with van der Waals surface area (Å²) in [6.07, 6.45) is 3.87. The van der Waals surface area contributed by atoms with Crippen molar-refractivity contribution >= 4 is 43.7 Å². The lowest BCUT2D eigenvalue weighted by molar-refractivity contribution is 0.314. The molecule has 3 nitrogen and oxygen atoms in total. The quantitative estimate of drug-likeness (QED) is 0.110. The summed E-state index contributed by atoms with van der Waals surface area (Å²) in [5.74, 6) is 5.73. The molecule has 14 aromatic rings. The van der Waals surface area contributed by atoms with E-state index in [0.29, 0.717) is 0 Å². The lowest BCUT2D eigenvalue weighted by atomic mass is 9.88. The molecule has 0 saturated heterocycles. The van der Waals surface area contributed by atoms with Crippen molar-refractivity contribution in [2.45, 2.75) is 241 Å². The van der Waals surface area contributed by atoms with Gasteiger partial charge in [-0.25, -0.2) is 0 Å². The van der Waals surface area contributed by atoms with Crippen molar-refractivity contribution in [1.82, 2.24) is 0 Å². The fourth-order valence-electron chi connectivity index (χ4n) is 15.4. The lowest BCUT2D eigenvalue weighted by Crippen LogP contribution is -2.10. The molecule has 15 rings (SSSR count). The maximum atomic E-state index is 5.85. The van der Waals surface area contributed by atoms with Gasteiger partial charge in [0, 0.05) is 0 Å². The van der Waals surface area contributed by atoms with E-state index in [4.69, 9.17) is 4.74 Å². The van der Waals surface area contributed by atoms with E-state index >= 15 is 0 Å². The van der Waals surface area contributed by atoms with Gasteiger partial charge in [-0.15, -0.1) is 0 Å². The number of nitrogens with zero attached hydrogens (tertiary/aromatic N) is 2. The molecule has 14 aromatic carbocycles. The summed E-state index contributed by atoms with van der Waals surface area (Å²) in [5, 5.41) is 16.6. The fraction of sp³-hybridized carbons (Fsp3) is 0.333. The first-order chi connectivity index (χ1) is 56.6. The zero-order valence-electron chi connectivity index (χ0n) is 79.5. The minimum absolute atomic E-state index is 0.899. The monoisotopic (exact) mass is 1590 g/mol. The van der Waals surface area contributed by atoms with E-state index in [1.165, 1.54) is 223 Å². The van der Waals surface area contributed by atoms with Crippen LogP contribution in [0, 0.1) is 218 Å². The summed E-state index contributed by atoms with van der Waals surface area (Å²) in [4.78, 5) is 0. The topological polar surface area (TPSA) is 34.0 Å². The highest BCUT2D eigenvalue weighted by molar-refractivity contribution is 5.99. The Hall–Kier alpha value is -10.7. The number of ether oxygens (including phenoxy) is 1. The average molecular weight is 1590 g/mol. The second-order valence-electron chi connectivity index (χ2n) is 35.7. The van der Waals surface area contributed by atoms with Gasteiger partial charge in [0.05, 0.1) is 11.4 Å². The Bertz CT molecular complexity index is 5340. The van der Waals surface area contributed by atoms with Crippen molar-refractivity contribution in [3.63, 3.8) is 0 Å². The number of fused-ring (bicyclic) bond motifs is 3. The van der Waals surface area contributed by atoms with Gasteiger partial charge >= 0.3 is 0 Å². The van der Waals surface area contributed by atoms with Crippen LogP contribution in [-0.2, 0) is 6.42 Å². The van der Waals surface area contributed by atoms with E-state index < -0.39 is 0 Å². The Balaban J connectivity index is 0.000000172. The van der Waals surface area contributed by atoms with Crippen LogP contribution in [0.4, 0.5) is 11.4 Å². The van der Waals surface area contributed by atoms with Gasteiger partial charge in [0.2, 0.25) is 0 Å². The smallest absolute Gasteiger partial charge is 0.127 e. The summed E-state index contributed by atoms with van der Waals surface area (Å²) >= 11 is 0. The first-order valence-corrected chi connectivity index (χ1v) is 43.8. The molecule has 0 bridgehead atoms. The maximum Gasteiger partial charge on any atom is 0.127 e. The largest absolute Gasteiger partial charge is 0.457 e. The Morgan fingerprint density at radius 2 is 0.458 bits per heavy atom. The van der Waals surface area contributed by atoms with E-state index in [-0.39, 0.29) is 0 Å². The molecule has 0 N–H and O–H groups in total. The summed E-state index contributed by atoms with van der Waals surface area (Å²) in [6.45, 7) is 69.7. The Kier molecular flexibility index (Phi) is 34.3. The highest BCUT2D eigenvalue weighted by Gasteiger charge is 2.34. The second-order valence-corrected chi connectivity index (χ2v) is 35.7. The molecule has 0 aliphatic heterocycles. The van der Waals surface area contributed by atoms with E-state index in [1.807, 2.05) is 24.3 Å². The third-order valence-electron chi connectivity index (χ3n) is 26.1. The first-order valence-electron chi connectivity index (χ1n) is 43.8. The summed E-state index contributed by atoms with van der Waals surface area (Å²) in [5.41, 5.74) is 44.8. The van der Waals surface area contributed by atoms with Crippen LogP contribution in [0.5, 0.6) is 11.5 Å². The Morgan fingerprint density at radius 3 is 0.700 bits per heavy atom. The van der Waals surface area contributed by atoms with Gasteiger partial charge in [-0.1, -0.05) is 192 Å². The number of hydrogen-bond donors (Lipinski definition) is 0. The third-order valence-corrected chi connectivity index (χ3v) is 26.1. The number of benzene rings is 14. The molecule has 626 valence electrons. The van der Waals surface area contributed by atoms with Crippen LogP contribution < -0.4 is 4.74 Å². The molecule has 1 fully saturated rings. The predicted octanol–water partition coefficient (Wildman–Crippen LogP) is 34.7. The van der Waals surface area contributed by atoms with Crippen LogP contribution in [-0.4, -0.2) is 0 Å². The highest BCUT2D eigenvalue weighted by atomic mass is 16.5. The van der Waals surface area contributed by atoms with Crippen molar-refractivity contribution in [2.24, 2.45) is 33.9 Å². The van der Waals surface area contributed by atoms with E-state index in [9.17, 15) is 0 Å². The van der Waals surface area contributed by atoms with Crippen LogP contribution in [0.2, 0.25) is 0 Å². The molecule has 1 aliphatic carbocycles. The van der Waals surface area contributed by atoms with E-state index in [2.05, 4.69) is 426 Å². The number of azo groups is 1. The van der Waals surface area contributed by atoms with Crippen molar-refractivity contribution in [3.05, 3.63) is 385 Å². The molecule has 3 heteroatoms. The average Bonchev–Trinajstić information content (AvgIpc) is 1.05. The minimum Gasteiger partial charge on any atom is -0.457 e. The molecule has 1 aliphatic rings. The van der Waals surface area contributed by atoms with Gasteiger partial charge in [-0.05, 0) is 501 Å². The minimum atomic E-state index is 0.899. The van der Waals surface area contributed by atoms with Gasteiger partial charge < -0.3 is 4.74 Å². The summed E-state index contributed by atoms with van der Waals surface area (Å²) in [7, 11) is 0. The van der Waals surface area contributed by atoms with Crippen molar-refractivity contribution in [1.29, 1.82) is 0 Å². The number of hydrogen-bond acceptors (Lipinski definition) is 3. The van der Waals surface area contributed by atoms with Crippen LogP contribution in [0.15, 0.2) is 229 Å². The molecular formula is C117H142N2O. The Morgan fingerprint density at radius 1 is 0.225 bits per heavy atom. The standard InChI is InChI=1S/C18H18.C17H20.C16H18N2.C16H18O.C16H18.C14H16.C10H14.C10H20/c1-11-5-15-9-17-7-13(3)14(4)8-18(17)10-16(15)6-12(11)2;1-12-5-7-16(9-14(12)3)11-17-8-6-13(2)15(4)10-17;1-11-5-7-15(9-13(11)3)17-18-16-8-6-12(2)14(4)10-16;1-11-5-7-15(9-13(11)3)17-16-8-6-12(2)14(4)10-16;1-11-5-7-15(9-13(11)3)16-8-6-12(2)14(4)10-16;1-9-5-13-7-11(3)12(4)8-14(13)6-10(9)2;1-7-5-9(3)10(4)6-8(7)2;1-5-10-8(3)6-7(2)9(10)4/h5-10H,1-4H3;5-10H,11H2,1-4H3;5-10H,1-4H3;5-10H,1-4H3;5-10H,1-4H3;5-8H,1-4H3;5-6H,1-4H3;7-10H,5-6H2,1-4H3. The SMILES string of the molecule is CCC1C(C)CC(C)C1C.Cc1cc(C)c(C)cc1C.Cc1cc2cc(C)c(C)cc2cc1C.Cc1cc2cc3cc(C)c(C)cc3cc2cc1C.Cc1ccc(-c2ccc(C)c(C)c2)cc1C.Cc1ccc(Cc2ccc(C)c(C)c2)cc1C.Cc1ccc(N=Nc2ccc(C)c(C)c2)cc1C.Cc1ccc(Oc2ccc(C)c(C)c2)cc1C. The molecule has 120 heavy (non-hydrogen) atoms. The van der Waals surface area contributed by atoms with Gasteiger partial charge in [-0.2, -0.15) is 10.2 Å². The predicted molar refractivity (Wildman–Crippen MR) is 528 cm³/mol. The normalized spacial score (nSPS) is 13.8. The van der Waals surface area contributed by atoms with Gasteiger partial charge in [0.25, 0.3) is 0 Å². The molecule has 0 amide bonds. The maximum absolute atomic E-state index is 5.85. The zero-order chi connectivity index (χ0) is 88.3. The molecule has 0 radical (unpaired) electrons. The van der Waals surface area contributed by atoms with Crippen molar-refractivity contribution < 1.29 is 4.74 Å². The van der Waals surface area contributed by atoms with Crippen molar-refractivity contribution in [3.8, 4) is 22.6 Å². The van der Waals surface area contributed by atoms with E-state index in [0.717, 1.165) is 53.0 Å². The molecule has 4 atom stereocenters. The molecule has 1 saturated carbocycles. The first kappa shape index (κ1) is 94.7. The number of rotatable bonds is 8. The molecule has 0 heterocycles. The fourth-order valence-corrected chi connectivity index (χ4v) is 15.4. The second kappa shape index (κ2) is 43.5. The van der Waals surface area contributed by atoms with Gasteiger partial charge in [0.1, 0.15) is 11.5 Å². The van der Waals surface area contributed by atoms with Crippen LogP contribution in [0.3, 0.4) is 0 Å². The van der Waals surface area contributed by atoms with Crippen LogP contribution in [0.25, 0.3) is 43.4 Å². The van der Waals surface area contributed by atoms with Gasteiger partial charge in [0.15, 0.2) is 0 Å². The summed E-state index contributed by atoms with van der Waals surface area (Å²) < 4.78 is 5.85. The molecule has 0 aromatic heterocycles.